The van der Waals surface area contributed by atoms with E-state index in [4.69, 9.17) is 0 Å². The minimum Gasteiger partial charge on any atom is -0.370 e. The zero-order valence-electron chi connectivity index (χ0n) is 20.0. The van der Waals surface area contributed by atoms with Crippen molar-refractivity contribution in [3.63, 3.8) is 0 Å². The van der Waals surface area contributed by atoms with Gasteiger partial charge < -0.3 is 10.2 Å². The van der Waals surface area contributed by atoms with Crippen molar-refractivity contribution < 1.29 is 13.6 Å². The first kappa shape index (κ1) is 25.3. The summed E-state index contributed by atoms with van der Waals surface area (Å²) in [5.41, 5.74) is 2.21. The van der Waals surface area contributed by atoms with Gasteiger partial charge in [0.25, 0.3) is 0 Å². The Balaban J connectivity index is 1.60. The van der Waals surface area contributed by atoms with E-state index in [0.29, 0.717) is 22.9 Å². The molecule has 0 fully saturated rings. The number of amides is 1. The van der Waals surface area contributed by atoms with Crippen molar-refractivity contribution in [1.82, 2.24) is 9.97 Å². The molecule has 0 bridgehead atoms. The first-order valence-corrected chi connectivity index (χ1v) is 11.8. The number of hydrogen-bond acceptors (Lipinski definition) is 4. The summed E-state index contributed by atoms with van der Waals surface area (Å²) >= 11 is 0. The molecule has 34 heavy (non-hydrogen) atoms. The SMILES string of the molecule is CCCN(CCC(C)CC)c1ccc(NC(=O)Cc2ccc(-c3ccnc(F)c3)c(F)c2)nc1. The Morgan fingerprint density at radius 1 is 1.06 bits per heavy atom. The number of aromatic nitrogens is 2. The van der Waals surface area contributed by atoms with Gasteiger partial charge in [0.1, 0.15) is 11.6 Å². The van der Waals surface area contributed by atoms with E-state index in [1.54, 1.807) is 24.4 Å². The Morgan fingerprint density at radius 3 is 2.53 bits per heavy atom. The molecule has 2 aromatic heterocycles. The summed E-state index contributed by atoms with van der Waals surface area (Å²) in [5.74, 6) is -0.351. The highest BCUT2D eigenvalue weighted by molar-refractivity contribution is 5.91. The Hall–Kier alpha value is -3.35. The van der Waals surface area contributed by atoms with Crippen molar-refractivity contribution in [2.24, 2.45) is 5.92 Å². The molecule has 5 nitrogen and oxygen atoms in total. The highest BCUT2D eigenvalue weighted by Crippen LogP contribution is 2.24. The van der Waals surface area contributed by atoms with E-state index in [9.17, 15) is 13.6 Å². The number of pyridine rings is 2. The van der Waals surface area contributed by atoms with E-state index in [2.05, 4.69) is 41.0 Å². The molecule has 1 atom stereocenters. The van der Waals surface area contributed by atoms with Gasteiger partial charge in [-0.15, -0.1) is 0 Å². The van der Waals surface area contributed by atoms with Crippen LogP contribution in [0.4, 0.5) is 20.3 Å². The van der Waals surface area contributed by atoms with Gasteiger partial charge in [0.2, 0.25) is 11.9 Å². The van der Waals surface area contributed by atoms with Crippen LogP contribution in [-0.2, 0) is 11.2 Å². The molecular formula is C27H32F2N4O. The summed E-state index contributed by atoms with van der Waals surface area (Å²) in [4.78, 5) is 22.7. The summed E-state index contributed by atoms with van der Waals surface area (Å²) in [5, 5.41) is 2.77. The lowest BCUT2D eigenvalue weighted by Gasteiger charge is -2.25. The number of benzene rings is 1. The summed E-state index contributed by atoms with van der Waals surface area (Å²) in [6.07, 6.45) is 6.41. The van der Waals surface area contributed by atoms with Gasteiger partial charge in [-0.2, -0.15) is 4.39 Å². The van der Waals surface area contributed by atoms with Gasteiger partial charge in [-0.25, -0.2) is 14.4 Å². The van der Waals surface area contributed by atoms with Crippen molar-refractivity contribution in [2.45, 2.75) is 46.5 Å². The highest BCUT2D eigenvalue weighted by atomic mass is 19.1. The monoisotopic (exact) mass is 466 g/mol. The molecule has 3 rings (SSSR count). The molecule has 0 aliphatic rings. The van der Waals surface area contributed by atoms with E-state index in [0.717, 1.165) is 38.0 Å². The number of hydrogen-bond donors (Lipinski definition) is 1. The third-order valence-corrected chi connectivity index (χ3v) is 5.90. The van der Waals surface area contributed by atoms with E-state index >= 15 is 0 Å². The van der Waals surface area contributed by atoms with Gasteiger partial charge in [0.15, 0.2) is 0 Å². The largest absolute Gasteiger partial charge is 0.370 e. The number of carbonyl (C=O) groups is 1. The average molecular weight is 467 g/mol. The van der Waals surface area contributed by atoms with Crippen LogP contribution < -0.4 is 10.2 Å². The van der Waals surface area contributed by atoms with E-state index in [-0.39, 0.29) is 17.9 Å². The van der Waals surface area contributed by atoms with Gasteiger partial charge in [0.05, 0.1) is 18.3 Å². The lowest BCUT2D eigenvalue weighted by atomic mass is 10.0. The van der Waals surface area contributed by atoms with Crippen LogP contribution in [-0.4, -0.2) is 29.0 Å². The van der Waals surface area contributed by atoms with Crippen molar-refractivity contribution in [3.05, 3.63) is 72.2 Å². The zero-order valence-corrected chi connectivity index (χ0v) is 20.0. The van der Waals surface area contributed by atoms with Gasteiger partial charge >= 0.3 is 0 Å². The van der Waals surface area contributed by atoms with Crippen LogP contribution >= 0.6 is 0 Å². The van der Waals surface area contributed by atoms with Crippen LogP contribution in [0.1, 0.15) is 45.6 Å². The van der Waals surface area contributed by atoms with Crippen LogP contribution in [0.2, 0.25) is 0 Å². The zero-order chi connectivity index (χ0) is 24.5. The minimum absolute atomic E-state index is 0.00219. The van der Waals surface area contributed by atoms with Crippen molar-refractivity contribution in [3.8, 4) is 11.1 Å². The Morgan fingerprint density at radius 2 is 1.88 bits per heavy atom. The fourth-order valence-corrected chi connectivity index (χ4v) is 3.71. The van der Waals surface area contributed by atoms with Crippen molar-refractivity contribution in [2.75, 3.05) is 23.3 Å². The normalized spacial score (nSPS) is 11.8. The van der Waals surface area contributed by atoms with Crippen molar-refractivity contribution in [1.29, 1.82) is 0 Å². The number of rotatable bonds is 11. The average Bonchev–Trinajstić information content (AvgIpc) is 2.82. The summed E-state index contributed by atoms with van der Waals surface area (Å²) < 4.78 is 27.9. The van der Waals surface area contributed by atoms with Gasteiger partial charge in [0, 0.05) is 30.9 Å². The Kier molecular flexibility index (Phi) is 9.08. The van der Waals surface area contributed by atoms with Crippen LogP contribution in [0, 0.1) is 17.7 Å². The van der Waals surface area contributed by atoms with Crippen LogP contribution in [0.15, 0.2) is 54.9 Å². The molecule has 0 aliphatic carbocycles. The Bertz CT molecular complexity index is 1090. The molecule has 2 heterocycles. The van der Waals surface area contributed by atoms with Crippen LogP contribution in [0.3, 0.4) is 0 Å². The molecule has 1 unspecified atom stereocenters. The first-order chi connectivity index (χ1) is 16.4. The topological polar surface area (TPSA) is 58.1 Å². The summed E-state index contributed by atoms with van der Waals surface area (Å²) in [6, 6.07) is 11.0. The molecular weight excluding hydrogens is 434 g/mol. The molecule has 0 aliphatic heterocycles. The van der Waals surface area contributed by atoms with Gasteiger partial charge in [-0.1, -0.05) is 39.3 Å². The van der Waals surface area contributed by atoms with E-state index in [1.807, 2.05) is 6.07 Å². The standard InChI is InChI=1S/C27H32F2N4O/c1-4-13-33(14-11-19(3)5-2)22-7-9-26(31-18-22)32-27(34)16-20-6-8-23(24(28)15-20)21-10-12-30-25(29)17-21/h6-10,12,15,17-19H,4-5,11,13-14,16H2,1-3H3,(H,31,32,34). The van der Waals surface area contributed by atoms with Gasteiger partial charge in [-0.3, -0.25) is 4.79 Å². The second-order valence-corrected chi connectivity index (χ2v) is 8.60. The Labute approximate surface area is 200 Å². The third kappa shape index (κ3) is 7.07. The van der Waals surface area contributed by atoms with Crippen LogP contribution in [0.5, 0.6) is 0 Å². The number of nitrogens with one attached hydrogen (secondary N) is 1. The fraction of sp³-hybridized carbons (Fsp3) is 0.370. The molecule has 0 saturated heterocycles. The lowest BCUT2D eigenvalue weighted by molar-refractivity contribution is -0.115. The minimum atomic E-state index is -0.674. The van der Waals surface area contributed by atoms with E-state index in [1.165, 1.54) is 24.4 Å². The summed E-state index contributed by atoms with van der Waals surface area (Å²) in [6.45, 7) is 8.56. The molecule has 3 aromatic rings. The second-order valence-electron chi connectivity index (χ2n) is 8.60. The maximum absolute atomic E-state index is 14.6. The maximum atomic E-state index is 14.6. The molecule has 7 heteroatoms. The lowest BCUT2D eigenvalue weighted by Crippen LogP contribution is -2.26. The highest BCUT2D eigenvalue weighted by Gasteiger charge is 2.12. The number of anilines is 2. The molecule has 1 N–H and O–H groups in total. The molecule has 0 radical (unpaired) electrons. The second kappa shape index (κ2) is 12.2. The molecule has 1 amide bonds. The molecule has 0 saturated carbocycles. The number of nitrogens with zero attached hydrogens (tertiary/aromatic N) is 3. The maximum Gasteiger partial charge on any atom is 0.229 e. The number of halogens is 2. The molecule has 1 aromatic carbocycles. The molecule has 180 valence electrons. The summed E-state index contributed by atoms with van der Waals surface area (Å²) in [7, 11) is 0. The fourth-order valence-electron chi connectivity index (χ4n) is 3.71. The molecule has 0 spiro atoms. The van der Waals surface area contributed by atoms with Gasteiger partial charge in [-0.05, 0) is 54.2 Å². The van der Waals surface area contributed by atoms with E-state index < -0.39 is 11.8 Å². The predicted molar refractivity (Wildman–Crippen MR) is 133 cm³/mol. The predicted octanol–water partition coefficient (Wildman–Crippen LogP) is 6.26. The number of carbonyl (C=O) groups excluding carboxylic acids is 1. The van der Waals surface area contributed by atoms with Crippen molar-refractivity contribution >= 4 is 17.4 Å². The van der Waals surface area contributed by atoms with Crippen LogP contribution in [0.25, 0.3) is 11.1 Å². The quantitative estimate of drug-likeness (QED) is 0.339. The first-order valence-electron chi connectivity index (χ1n) is 11.8. The third-order valence-electron chi connectivity index (χ3n) is 5.90. The smallest absolute Gasteiger partial charge is 0.229 e.